The lowest BCUT2D eigenvalue weighted by Crippen LogP contribution is -2.21. The number of aromatic amines is 1. The number of methoxy groups -OCH3 is 2. The number of ether oxygens (including phenoxy) is 2. The Morgan fingerprint density at radius 2 is 1.76 bits per heavy atom. The number of nitrogens with one attached hydrogen (secondary N) is 1. The minimum atomic E-state index is -0.194. The second-order valence-corrected chi connectivity index (χ2v) is 5.81. The van der Waals surface area contributed by atoms with E-state index in [1.165, 1.54) is 4.68 Å². The largest absolute Gasteiger partial charge is 0.493 e. The molecule has 25 heavy (non-hydrogen) atoms. The first kappa shape index (κ1) is 15.3. The van der Waals surface area contributed by atoms with Crippen LogP contribution in [0.15, 0.2) is 47.4 Å². The van der Waals surface area contributed by atoms with Crippen LogP contribution >= 0.6 is 0 Å². The standard InChI is InChI=1S/C19H17N3O3/c1-11-6-4-5-7-15(11)22-19(23)18-13(10-20-22)12-8-16(24-2)17(25-3)9-14(12)21-18/h4-10,21H,1-3H3. The highest BCUT2D eigenvalue weighted by atomic mass is 16.5. The van der Waals surface area contributed by atoms with Crippen molar-refractivity contribution in [2.45, 2.75) is 6.92 Å². The molecule has 126 valence electrons. The number of nitrogens with zero attached hydrogens (tertiary/aromatic N) is 2. The van der Waals surface area contributed by atoms with Gasteiger partial charge in [-0.2, -0.15) is 9.78 Å². The average Bonchev–Trinajstić information content (AvgIpc) is 3.00. The summed E-state index contributed by atoms with van der Waals surface area (Å²) in [5.41, 5.74) is 2.86. The smallest absolute Gasteiger partial charge is 0.295 e. The maximum Gasteiger partial charge on any atom is 0.295 e. The number of hydrogen-bond acceptors (Lipinski definition) is 4. The third-order valence-electron chi connectivity index (χ3n) is 4.40. The van der Waals surface area contributed by atoms with E-state index in [9.17, 15) is 4.79 Å². The molecular weight excluding hydrogens is 318 g/mol. The summed E-state index contributed by atoms with van der Waals surface area (Å²) in [6, 6.07) is 11.3. The van der Waals surface area contributed by atoms with Crippen molar-refractivity contribution in [3.8, 4) is 17.2 Å². The van der Waals surface area contributed by atoms with Gasteiger partial charge in [-0.3, -0.25) is 4.79 Å². The van der Waals surface area contributed by atoms with Crippen molar-refractivity contribution in [3.05, 3.63) is 58.5 Å². The van der Waals surface area contributed by atoms with E-state index < -0.39 is 0 Å². The molecule has 4 rings (SSSR count). The highest BCUT2D eigenvalue weighted by molar-refractivity contribution is 6.07. The number of para-hydroxylation sites is 1. The molecule has 0 saturated carbocycles. The van der Waals surface area contributed by atoms with Gasteiger partial charge in [0.2, 0.25) is 0 Å². The fourth-order valence-corrected chi connectivity index (χ4v) is 3.09. The van der Waals surface area contributed by atoms with Gasteiger partial charge in [0, 0.05) is 16.8 Å². The quantitative estimate of drug-likeness (QED) is 0.624. The van der Waals surface area contributed by atoms with E-state index in [1.807, 2.05) is 43.3 Å². The summed E-state index contributed by atoms with van der Waals surface area (Å²) in [7, 11) is 3.17. The number of rotatable bonds is 3. The highest BCUT2D eigenvalue weighted by Crippen LogP contribution is 2.34. The lowest BCUT2D eigenvalue weighted by atomic mass is 10.2. The molecule has 6 nitrogen and oxygen atoms in total. The molecule has 0 bridgehead atoms. The maximum absolute atomic E-state index is 13.0. The van der Waals surface area contributed by atoms with Crippen LogP contribution in [0.4, 0.5) is 0 Å². The Kier molecular flexibility index (Phi) is 3.46. The van der Waals surface area contributed by atoms with Gasteiger partial charge in [0.1, 0.15) is 5.52 Å². The van der Waals surface area contributed by atoms with Crippen molar-refractivity contribution in [3.63, 3.8) is 0 Å². The van der Waals surface area contributed by atoms with Crippen LogP contribution in [0.2, 0.25) is 0 Å². The van der Waals surface area contributed by atoms with Crippen molar-refractivity contribution in [2.24, 2.45) is 0 Å². The van der Waals surface area contributed by atoms with Gasteiger partial charge >= 0.3 is 0 Å². The molecule has 6 heteroatoms. The van der Waals surface area contributed by atoms with E-state index in [-0.39, 0.29) is 5.56 Å². The molecule has 0 radical (unpaired) electrons. The number of aryl methyl sites for hydroxylation is 1. The van der Waals surface area contributed by atoms with E-state index in [1.54, 1.807) is 20.4 Å². The lowest BCUT2D eigenvalue weighted by Gasteiger charge is -2.07. The Balaban J connectivity index is 2.04. The van der Waals surface area contributed by atoms with Crippen LogP contribution in [0.1, 0.15) is 5.56 Å². The van der Waals surface area contributed by atoms with E-state index >= 15 is 0 Å². The van der Waals surface area contributed by atoms with Crippen LogP contribution in [0.5, 0.6) is 11.5 Å². The van der Waals surface area contributed by atoms with Gasteiger partial charge in [-0.05, 0) is 24.6 Å². The second-order valence-electron chi connectivity index (χ2n) is 5.81. The molecule has 2 aromatic heterocycles. The number of H-pyrrole nitrogens is 1. The molecule has 0 fully saturated rings. The first-order chi connectivity index (χ1) is 12.1. The maximum atomic E-state index is 13.0. The molecule has 0 aliphatic carbocycles. The summed E-state index contributed by atoms with van der Waals surface area (Å²) in [6.07, 6.45) is 1.70. The average molecular weight is 335 g/mol. The monoisotopic (exact) mass is 335 g/mol. The zero-order valence-corrected chi connectivity index (χ0v) is 14.2. The number of aromatic nitrogens is 3. The Morgan fingerprint density at radius 3 is 2.48 bits per heavy atom. The molecule has 2 heterocycles. The van der Waals surface area contributed by atoms with Crippen LogP contribution in [0.25, 0.3) is 27.5 Å². The minimum absolute atomic E-state index is 0.194. The molecule has 2 aromatic carbocycles. The summed E-state index contributed by atoms with van der Waals surface area (Å²) in [6.45, 7) is 1.95. The molecule has 0 atom stereocenters. The van der Waals surface area contributed by atoms with Crippen molar-refractivity contribution in [1.29, 1.82) is 0 Å². The zero-order valence-electron chi connectivity index (χ0n) is 14.2. The van der Waals surface area contributed by atoms with Crippen LogP contribution in [-0.2, 0) is 0 Å². The van der Waals surface area contributed by atoms with Gasteiger partial charge in [0.25, 0.3) is 5.56 Å². The Hall–Kier alpha value is -3.28. The van der Waals surface area contributed by atoms with Gasteiger partial charge in [0.05, 0.1) is 31.6 Å². The van der Waals surface area contributed by atoms with Gasteiger partial charge < -0.3 is 14.5 Å². The fraction of sp³-hybridized carbons (Fsp3) is 0.158. The first-order valence-corrected chi connectivity index (χ1v) is 7.86. The Morgan fingerprint density at radius 1 is 1.04 bits per heavy atom. The lowest BCUT2D eigenvalue weighted by molar-refractivity contribution is 0.356. The van der Waals surface area contributed by atoms with Crippen LogP contribution < -0.4 is 15.0 Å². The number of fused-ring (bicyclic) bond motifs is 3. The van der Waals surface area contributed by atoms with E-state index in [2.05, 4.69) is 10.1 Å². The highest BCUT2D eigenvalue weighted by Gasteiger charge is 2.15. The third kappa shape index (κ3) is 2.26. The molecule has 0 spiro atoms. The minimum Gasteiger partial charge on any atom is -0.493 e. The summed E-state index contributed by atoms with van der Waals surface area (Å²) in [5, 5.41) is 6.00. The molecule has 1 N–H and O–H groups in total. The molecule has 0 amide bonds. The summed E-state index contributed by atoms with van der Waals surface area (Å²) in [4.78, 5) is 16.2. The van der Waals surface area contributed by atoms with Crippen molar-refractivity contribution < 1.29 is 9.47 Å². The van der Waals surface area contributed by atoms with Crippen molar-refractivity contribution in [2.75, 3.05) is 14.2 Å². The predicted octanol–water partition coefficient (Wildman–Crippen LogP) is 3.19. The molecular formula is C19H17N3O3. The number of hydrogen-bond donors (Lipinski definition) is 1. The van der Waals surface area contributed by atoms with Crippen LogP contribution in [0, 0.1) is 6.92 Å². The molecule has 0 saturated heterocycles. The molecule has 0 aliphatic heterocycles. The van der Waals surface area contributed by atoms with E-state index in [0.29, 0.717) is 17.0 Å². The van der Waals surface area contributed by atoms with Gasteiger partial charge in [-0.25, -0.2) is 0 Å². The molecule has 4 aromatic rings. The van der Waals surface area contributed by atoms with Crippen molar-refractivity contribution >= 4 is 21.8 Å². The molecule has 0 aliphatic rings. The third-order valence-corrected chi connectivity index (χ3v) is 4.40. The second kappa shape index (κ2) is 5.66. The van der Waals surface area contributed by atoms with Crippen LogP contribution in [-0.4, -0.2) is 29.0 Å². The van der Waals surface area contributed by atoms with E-state index in [4.69, 9.17) is 9.47 Å². The van der Waals surface area contributed by atoms with E-state index in [0.717, 1.165) is 27.5 Å². The van der Waals surface area contributed by atoms with Gasteiger partial charge in [-0.15, -0.1) is 0 Å². The van der Waals surface area contributed by atoms with Gasteiger partial charge in [-0.1, -0.05) is 18.2 Å². The summed E-state index contributed by atoms with van der Waals surface area (Å²) in [5.74, 6) is 1.22. The normalized spacial score (nSPS) is 11.2. The fourth-order valence-electron chi connectivity index (χ4n) is 3.09. The van der Waals surface area contributed by atoms with Crippen LogP contribution in [0.3, 0.4) is 0 Å². The topological polar surface area (TPSA) is 69.1 Å². The zero-order chi connectivity index (χ0) is 17.6. The SMILES string of the molecule is COc1cc2[nH]c3c(=O)n(-c4ccccc4C)ncc3c2cc1OC. The Bertz CT molecular complexity index is 1160. The predicted molar refractivity (Wildman–Crippen MR) is 97.0 cm³/mol. The van der Waals surface area contributed by atoms with Gasteiger partial charge in [0.15, 0.2) is 11.5 Å². The molecule has 0 unspecified atom stereocenters. The van der Waals surface area contributed by atoms with Crippen molar-refractivity contribution in [1.82, 2.24) is 14.8 Å². The summed E-state index contributed by atoms with van der Waals surface area (Å²) < 4.78 is 12.1. The summed E-state index contributed by atoms with van der Waals surface area (Å²) >= 11 is 0. The number of benzene rings is 2. The Labute approximate surface area is 143 Å². The first-order valence-electron chi connectivity index (χ1n) is 7.86.